The molecule has 26 heavy (non-hydrogen) atoms. The molecule has 0 fully saturated rings. The standard InChI is InChI=1S/C20H23NO5/c1-3-24-16-8-10-17(11-9-16)25-13-12-21-19(22)14-26-20(23)18-7-5-4-6-15(18)2/h4-11H,3,12-14H2,1-2H3,(H,21,22). The predicted octanol–water partition coefficient (Wildman–Crippen LogP) is 2.75. The maximum atomic E-state index is 11.9. The molecule has 0 aliphatic rings. The molecule has 1 amide bonds. The maximum absolute atomic E-state index is 11.9. The molecular formula is C20H23NO5. The Morgan fingerprint density at radius 3 is 2.27 bits per heavy atom. The van der Waals surface area contributed by atoms with Crippen LogP contribution < -0.4 is 14.8 Å². The molecular weight excluding hydrogens is 334 g/mol. The Bertz CT molecular complexity index is 727. The molecule has 1 N–H and O–H groups in total. The number of ether oxygens (including phenoxy) is 3. The highest BCUT2D eigenvalue weighted by atomic mass is 16.5. The van der Waals surface area contributed by atoms with Crippen LogP contribution in [-0.4, -0.2) is 38.2 Å². The summed E-state index contributed by atoms with van der Waals surface area (Å²) >= 11 is 0. The molecule has 138 valence electrons. The molecule has 0 heterocycles. The van der Waals surface area contributed by atoms with E-state index in [4.69, 9.17) is 14.2 Å². The van der Waals surface area contributed by atoms with Crippen LogP contribution in [-0.2, 0) is 9.53 Å². The van der Waals surface area contributed by atoms with E-state index in [1.165, 1.54) is 0 Å². The van der Waals surface area contributed by atoms with Crippen molar-refractivity contribution in [2.45, 2.75) is 13.8 Å². The number of nitrogens with one attached hydrogen (secondary N) is 1. The van der Waals surface area contributed by atoms with Crippen molar-refractivity contribution >= 4 is 11.9 Å². The number of aryl methyl sites for hydroxylation is 1. The van der Waals surface area contributed by atoms with E-state index >= 15 is 0 Å². The summed E-state index contributed by atoms with van der Waals surface area (Å²) in [6, 6.07) is 14.3. The second-order valence-electron chi connectivity index (χ2n) is 5.49. The zero-order valence-corrected chi connectivity index (χ0v) is 15.0. The van der Waals surface area contributed by atoms with Crippen molar-refractivity contribution in [2.75, 3.05) is 26.4 Å². The van der Waals surface area contributed by atoms with Crippen molar-refractivity contribution in [3.8, 4) is 11.5 Å². The highest BCUT2D eigenvalue weighted by Crippen LogP contribution is 2.17. The van der Waals surface area contributed by atoms with Gasteiger partial charge in [0.2, 0.25) is 0 Å². The third kappa shape index (κ3) is 6.12. The van der Waals surface area contributed by atoms with E-state index in [0.717, 1.165) is 11.3 Å². The van der Waals surface area contributed by atoms with Gasteiger partial charge in [-0.3, -0.25) is 4.79 Å². The molecule has 0 unspecified atom stereocenters. The van der Waals surface area contributed by atoms with Crippen LogP contribution in [0.4, 0.5) is 0 Å². The zero-order valence-electron chi connectivity index (χ0n) is 15.0. The van der Waals surface area contributed by atoms with Gasteiger partial charge in [0.05, 0.1) is 18.7 Å². The number of benzene rings is 2. The maximum Gasteiger partial charge on any atom is 0.338 e. The summed E-state index contributed by atoms with van der Waals surface area (Å²) in [5.41, 5.74) is 1.26. The number of carbonyl (C=O) groups excluding carboxylic acids is 2. The molecule has 0 aromatic heterocycles. The van der Waals surface area contributed by atoms with Crippen molar-refractivity contribution in [1.29, 1.82) is 0 Å². The molecule has 0 spiro atoms. The lowest BCUT2D eigenvalue weighted by molar-refractivity contribution is -0.124. The Morgan fingerprint density at radius 1 is 0.962 bits per heavy atom. The van der Waals surface area contributed by atoms with Gasteiger partial charge in [0.1, 0.15) is 18.1 Å². The Labute approximate surface area is 153 Å². The van der Waals surface area contributed by atoms with Crippen molar-refractivity contribution in [2.24, 2.45) is 0 Å². The minimum Gasteiger partial charge on any atom is -0.494 e. The number of rotatable bonds is 9. The molecule has 2 aromatic rings. The lowest BCUT2D eigenvalue weighted by atomic mass is 10.1. The molecule has 0 saturated heterocycles. The number of hydrogen-bond acceptors (Lipinski definition) is 5. The summed E-state index contributed by atoms with van der Waals surface area (Å²) < 4.78 is 15.9. The molecule has 0 aliphatic carbocycles. The Hall–Kier alpha value is -3.02. The van der Waals surface area contributed by atoms with Crippen molar-refractivity contribution < 1.29 is 23.8 Å². The quantitative estimate of drug-likeness (QED) is 0.552. The molecule has 2 rings (SSSR count). The third-order valence-electron chi connectivity index (χ3n) is 3.53. The van der Waals surface area contributed by atoms with E-state index in [1.54, 1.807) is 24.3 Å². The van der Waals surface area contributed by atoms with E-state index < -0.39 is 5.97 Å². The van der Waals surface area contributed by atoms with Crippen LogP contribution in [0.1, 0.15) is 22.8 Å². The fourth-order valence-corrected chi connectivity index (χ4v) is 2.22. The van der Waals surface area contributed by atoms with Gasteiger partial charge in [0.25, 0.3) is 5.91 Å². The average molecular weight is 357 g/mol. The van der Waals surface area contributed by atoms with E-state index in [9.17, 15) is 9.59 Å². The molecule has 0 saturated carbocycles. The van der Waals surface area contributed by atoms with E-state index in [2.05, 4.69) is 5.32 Å². The first-order chi connectivity index (χ1) is 12.6. The third-order valence-corrected chi connectivity index (χ3v) is 3.53. The van der Waals surface area contributed by atoms with Gasteiger partial charge in [0, 0.05) is 0 Å². The average Bonchev–Trinajstić information content (AvgIpc) is 2.65. The smallest absolute Gasteiger partial charge is 0.338 e. The van der Waals surface area contributed by atoms with Crippen LogP contribution in [0.15, 0.2) is 48.5 Å². The zero-order chi connectivity index (χ0) is 18.8. The highest BCUT2D eigenvalue weighted by molar-refractivity contribution is 5.92. The molecule has 6 nitrogen and oxygen atoms in total. The molecule has 6 heteroatoms. The van der Waals surface area contributed by atoms with Crippen molar-refractivity contribution in [3.05, 3.63) is 59.7 Å². The summed E-state index contributed by atoms with van der Waals surface area (Å²) in [6.45, 7) is 4.65. The molecule has 2 aromatic carbocycles. The SMILES string of the molecule is CCOc1ccc(OCCNC(=O)COC(=O)c2ccccc2C)cc1. The number of amides is 1. The Kier molecular flexibility index (Phi) is 7.49. The lowest BCUT2D eigenvalue weighted by Crippen LogP contribution is -2.32. The minimum absolute atomic E-state index is 0.311. The monoisotopic (exact) mass is 357 g/mol. The van der Waals surface area contributed by atoms with Crippen LogP contribution in [0.25, 0.3) is 0 Å². The van der Waals surface area contributed by atoms with Crippen LogP contribution in [0, 0.1) is 6.92 Å². The molecule has 0 aliphatic heterocycles. The van der Waals surface area contributed by atoms with Gasteiger partial charge < -0.3 is 19.5 Å². The molecule has 0 radical (unpaired) electrons. The second kappa shape index (κ2) is 10.1. The fourth-order valence-electron chi connectivity index (χ4n) is 2.22. The summed E-state index contributed by atoms with van der Waals surface area (Å²) in [6.07, 6.45) is 0. The molecule has 0 bridgehead atoms. The number of hydrogen-bond donors (Lipinski definition) is 1. The highest BCUT2D eigenvalue weighted by Gasteiger charge is 2.11. The fraction of sp³-hybridized carbons (Fsp3) is 0.300. The van der Waals surface area contributed by atoms with Crippen molar-refractivity contribution in [1.82, 2.24) is 5.32 Å². The first-order valence-electron chi connectivity index (χ1n) is 8.45. The van der Waals surface area contributed by atoms with Gasteiger partial charge in [0.15, 0.2) is 6.61 Å². The normalized spacial score (nSPS) is 10.1. The predicted molar refractivity (Wildman–Crippen MR) is 97.6 cm³/mol. The van der Waals surface area contributed by atoms with Gasteiger partial charge in [-0.05, 0) is 49.7 Å². The van der Waals surface area contributed by atoms with Crippen LogP contribution in [0.3, 0.4) is 0 Å². The number of carbonyl (C=O) groups is 2. The van der Waals surface area contributed by atoms with Crippen LogP contribution in [0.2, 0.25) is 0 Å². The van der Waals surface area contributed by atoms with E-state index in [-0.39, 0.29) is 12.5 Å². The van der Waals surface area contributed by atoms with Crippen LogP contribution in [0.5, 0.6) is 11.5 Å². The molecule has 0 atom stereocenters. The number of esters is 1. The summed E-state index contributed by atoms with van der Waals surface area (Å²) in [4.78, 5) is 23.7. The first-order valence-corrected chi connectivity index (χ1v) is 8.45. The van der Waals surface area contributed by atoms with Crippen molar-refractivity contribution in [3.63, 3.8) is 0 Å². The van der Waals surface area contributed by atoms with Gasteiger partial charge >= 0.3 is 5.97 Å². The first kappa shape index (κ1) is 19.3. The minimum atomic E-state index is -0.510. The largest absolute Gasteiger partial charge is 0.494 e. The summed E-state index contributed by atoms with van der Waals surface area (Å²) in [5, 5.41) is 2.64. The second-order valence-corrected chi connectivity index (χ2v) is 5.49. The Morgan fingerprint density at radius 2 is 1.62 bits per heavy atom. The topological polar surface area (TPSA) is 73.9 Å². The summed E-state index contributed by atoms with van der Waals surface area (Å²) in [5.74, 6) is 0.586. The Balaban J connectivity index is 1.64. The van der Waals surface area contributed by atoms with Gasteiger partial charge in [-0.1, -0.05) is 18.2 Å². The summed E-state index contributed by atoms with van der Waals surface area (Å²) in [7, 11) is 0. The van der Waals surface area contributed by atoms with Gasteiger partial charge in [-0.15, -0.1) is 0 Å². The van der Waals surface area contributed by atoms with Gasteiger partial charge in [-0.25, -0.2) is 4.79 Å². The van der Waals surface area contributed by atoms with E-state index in [0.29, 0.717) is 31.1 Å². The van der Waals surface area contributed by atoms with Gasteiger partial charge in [-0.2, -0.15) is 0 Å². The van der Waals surface area contributed by atoms with Crippen LogP contribution >= 0.6 is 0 Å². The lowest BCUT2D eigenvalue weighted by Gasteiger charge is -2.09. The van der Waals surface area contributed by atoms with E-state index in [1.807, 2.05) is 38.1 Å².